The zero-order valence-corrected chi connectivity index (χ0v) is 15.2. The van der Waals surface area contributed by atoms with Crippen LogP contribution in [-0.2, 0) is 15.8 Å². The summed E-state index contributed by atoms with van der Waals surface area (Å²) in [5, 5.41) is 13.6. The molecule has 0 saturated carbocycles. The fraction of sp³-hybridized carbons (Fsp3) is 0.263. The van der Waals surface area contributed by atoms with Crippen molar-refractivity contribution in [2.45, 2.75) is 19.5 Å². The molecule has 0 aliphatic carbocycles. The second-order valence-corrected chi connectivity index (χ2v) is 6.70. The van der Waals surface area contributed by atoms with Crippen molar-refractivity contribution in [2.24, 2.45) is 5.92 Å². The molecule has 0 bridgehead atoms. The number of nitro benzene ring substituents is 1. The van der Waals surface area contributed by atoms with Crippen LogP contribution in [0.15, 0.2) is 42.5 Å². The van der Waals surface area contributed by atoms with Crippen LogP contribution in [0.5, 0.6) is 0 Å². The first-order valence-corrected chi connectivity index (χ1v) is 8.60. The molecular weight excluding hydrogens is 391 g/mol. The van der Waals surface area contributed by atoms with Gasteiger partial charge in [-0.1, -0.05) is 12.1 Å². The molecule has 1 fully saturated rings. The maximum atomic E-state index is 12.9. The van der Waals surface area contributed by atoms with Crippen LogP contribution in [-0.4, -0.2) is 23.3 Å². The van der Waals surface area contributed by atoms with Gasteiger partial charge < -0.3 is 10.2 Å². The lowest BCUT2D eigenvalue weighted by Gasteiger charge is -2.18. The monoisotopic (exact) mass is 407 g/mol. The van der Waals surface area contributed by atoms with Gasteiger partial charge in [-0.15, -0.1) is 0 Å². The third-order valence-corrected chi connectivity index (χ3v) is 4.65. The van der Waals surface area contributed by atoms with Crippen molar-refractivity contribution >= 4 is 28.9 Å². The molecule has 29 heavy (non-hydrogen) atoms. The summed E-state index contributed by atoms with van der Waals surface area (Å²) in [6, 6.07) is 8.54. The molecular formula is C19H16F3N3O4. The number of rotatable bonds is 4. The molecule has 0 aromatic heterocycles. The van der Waals surface area contributed by atoms with Gasteiger partial charge in [0.05, 0.1) is 16.4 Å². The summed E-state index contributed by atoms with van der Waals surface area (Å²) in [6.45, 7) is 1.48. The fourth-order valence-electron chi connectivity index (χ4n) is 3.11. The van der Waals surface area contributed by atoms with Crippen molar-refractivity contribution in [1.29, 1.82) is 0 Å². The topological polar surface area (TPSA) is 92.6 Å². The SMILES string of the molecule is Cc1ccc(NC(=O)C2CC(=O)N(c3cccc(C(F)(F)F)c3)C2)cc1[N+](=O)[O-]. The molecule has 1 saturated heterocycles. The van der Waals surface area contributed by atoms with E-state index >= 15 is 0 Å². The van der Waals surface area contributed by atoms with Crippen LogP contribution < -0.4 is 10.2 Å². The minimum absolute atomic E-state index is 0.0612. The van der Waals surface area contributed by atoms with Crippen LogP contribution in [0, 0.1) is 23.0 Å². The Hall–Kier alpha value is -3.43. The van der Waals surface area contributed by atoms with E-state index in [1.165, 1.54) is 30.3 Å². The minimum atomic E-state index is -4.55. The summed E-state index contributed by atoms with van der Waals surface area (Å²) in [6.07, 6.45) is -4.72. The molecule has 2 aromatic rings. The van der Waals surface area contributed by atoms with E-state index in [-0.39, 0.29) is 30.0 Å². The highest BCUT2D eigenvalue weighted by atomic mass is 19.4. The third-order valence-electron chi connectivity index (χ3n) is 4.65. The van der Waals surface area contributed by atoms with Gasteiger partial charge in [0.1, 0.15) is 0 Å². The molecule has 2 amide bonds. The van der Waals surface area contributed by atoms with Crippen LogP contribution in [0.25, 0.3) is 0 Å². The Morgan fingerprint density at radius 1 is 1.24 bits per heavy atom. The molecule has 1 heterocycles. The largest absolute Gasteiger partial charge is 0.416 e. The van der Waals surface area contributed by atoms with Gasteiger partial charge in [0, 0.05) is 36.0 Å². The number of alkyl halides is 3. The van der Waals surface area contributed by atoms with Crippen LogP contribution in [0.2, 0.25) is 0 Å². The number of nitrogens with one attached hydrogen (secondary N) is 1. The van der Waals surface area contributed by atoms with Crippen molar-refractivity contribution in [3.05, 3.63) is 63.7 Å². The Balaban J connectivity index is 1.74. The van der Waals surface area contributed by atoms with E-state index in [0.717, 1.165) is 17.0 Å². The number of amides is 2. The first kappa shape index (κ1) is 20.3. The summed E-state index contributed by atoms with van der Waals surface area (Å²) < 4.78 is 38.7. The van der Waals surface area contributed by atoms with Gasteiger partial charge in [-0.2, -0.15) is 13.2 Å². The van der Waals surface area contributed by atoms with Gasteiger partial charge in [-0.25, -0.2) is 0 Å². The summed E-state index contributed by atoms with van der Waals surface area (Å²) in [5.41, 5.74) is -0.346. The van der Waals surface area contributed by atoms with Crippen LogP contribution in [0.1, 0.15) is 17.5 Å². The summed E-state index contributed by atoms with van der Waals surface area (Å²) in [7, 11) is 0. The van der Waals surface area contributed by atoms with Gasteiger partial charge in [0.2, 0.25) is 11.8 Å². The van der Waals surface area contributed by atoms with Crippen LogP contribution in [0.3, 0.4) is 0 Å². The van der Waals surface area contributed by atoms with E-state index < -0.39 is 34.4 Å². The van der Waals surface area contributed by atoms with Gasteiger partial charge in [0.15, 0.2) is 0 Å². The third kappa shape index (κ3) is 4.36. The molecule has 7 nitrogen and oxygen atoms in total. The number of hydrogen-bond donors (Lipinski definition) is 1. The molecule has 1 unspecified atom stereocenters. The maximum absolute atomic E-state index is 12.9. The molecule has 1 N–H and O–H groups in total. The molecule has 10 heteroatoms. The zero-order chi connectivity index (χ0) is 21.3. The van der Waals surface area contributed by atoms with E-state index in [4.69, 9.17) is 0 Å². The average Bonchev–Trinajstić information content (AvgIpc) is 3.04. The van der Waals surface area contributed by atoms with Crippen molar-refractivity contribution < 1.29 is 27.7 Å². The normalized spacial score (nSPS) is 16.8. The van der Waals surface area contributed by atoms with E-state index in [1.54, 1.807) is 6.92 Å². The average molecular weight is 407 g/mol. The Bertz CT molecular complexity index is 991. The highest BCUT2D eigenvalue weighted by Gasteiger charge is 2.37. The van der Waals surface area contributed by atoms with E-state index in [9.17, 15) is 32.9 Å². The maximum Gasteiger partial charge on any atom is 0.416 e. The van der Waals surface area contributed by atoms with Crippen LogP contribution >= 0.6 is 0 Å². The summed E-state index contributed by atoms with van der Waals surface area (Å²) in [5.74, 6) is -1.80. The van der Waals surface area contributed by atoms with Gasteiger partial charge >= 0.3 is 6.18 Å². The number of nitro groups is 1. The van der Waals surface area contributed by atoms with E-state index in [0.29, 0.717) is 5.56 Å². The molecule has 152 valence electrons. The van der Waals surface area contributed by atoms with Crippen molar-refractivity contribution in [1.82, 2.24) is 0 Å². The predicted octanol–water partition coefficient (Wildman–Crippen LogP) is 3.91. The minimum Gasteiger partial charge on any atom is -0.326 e. The van der Waals surface area contributed by atoms with Crippen molar-refractivity contribution in [2.75, 3.05) is 16.8 Å². The highest BCUT2D eigenvalue weighted by molar-refractivity contribution is 6.03. The second-order valence-electron chi connectivity index (χ2n) is 6.70. The number of carbonyl (C=O) groups excluding carboxylic acids is 2. The number of halogens is 3. The highest BCUT2D eigenvalue weighted by Crippen LogP contribution is 2.33. The molecule has 0 spiro atoms. The Kier molecular flexibility index (Phi) is 5.27. The molecule has 1 aliphatic rings. The second kappa shape index (κ2) is 7.53. The Morgan fingerprint density at radius 3 is 2.62 bits per heavy atom. The standard InChI is InChI=1S/C19H16F3N3O4/c1-11-5-6-14(9-16(11)25(28)29)23-18(27)12-7-17(26)24(10-12)15-4-2-3-13(8-15)19(20,21)22/h2-6,8-9,12H,7,10H2,1H3,(H,23,27). The fourth-order valence-corrected chi connectivity index (χ4v) is 3.11. The van der Waals surface area contributed by atoms with Gasteiger partial charge in [0.25, 0.3) is 5.69 Å². The zero-order valence-electron chi connectivity index (χ0n) is 15.2. The van der Waals surface area contributed by atoms with E-state index in [1.807, 2.05) is 0 Å². The Morgan fingerprint density at radius 2 is 1.97 bits per heavy atom. The van der Waals surface area contributed by atoms with Gasteiger partial charge in [-0.05, 0) is 31.2 Å². The Labute approximate surface area is 163 Å². The smallest absolute Gasteiger partial charge is 0.326 e. The van der Waals surface area contributed by atoms with Crippen molar-refractivity contribution in [3.8, 4) is 0 Å². The van der Waals surface area contributed by atoms with Crippen LogP contribution in [0.4, 0.5) is 30.2 Å². The number of nitrogens with zero attached hydrogens (tertiary/aromatic N) is 2. The van der Waals surface area contributed by atoms with Crippen molar-refractivity contribution in [3.63, 3.8) is 0 Å². The molecule has 1 aliphatic heterocycles. The summed E-state index contributed by atoms with van der Waals surface area (Å²) in [4.78, 5) is 36.3. The first-order valence-electron chi connectivity index (χ1n) is 8.60. The number of aryl methyl sites for hydroxylation is 1. The lowest BCUT2D eigenvalue weighted by atomic mass is 10.1. The van der Waals surface area contributed by atoms with Gasteiger partial charge in [-0.3, -0.25) is 19.7 Å². The predicted molar refractivity (Wildman–Crippen MR) is 98.4 cm³/mol. The quantitative estimate of drug-likeness (QED) is 0.614. The molecule has 1 atom stereocenters. The molecule has 0 radical (unpaired) electrons. The summed E-state index contributed by atoms with van der Waals surface area (Å²) >= 11 is 0. The lowest BCUT2D eigenvalue weighted by molar-refractivity contribution is -0.385. The molecule has 3 rings (SSSR count). The number of carbonyl (C=O) groups is 2. The molecule has 2 aromatic carbocycles. The first-order chi connectivity index (χ1) is 13.6. The number of benzene rings is 2. The van der Waals surface area contributed by atoms with E-state index in [2.05, 4.69) is 5.32 Å². The number of hydrogen-bond acceptors (Lipinski definition) is 4. The lowest BCUT2D eigenvalue weighted by Crippen LogP contribution is -2.28. The number of anilines is 2.